The van der Waals surface area contributed by atoms with Gasteiger partial charge in [0, 0.05) is 37.3 Å². The molecule has 2 heterocycles. The molecule has 172 valence electrons. The quantitative estimate of drug-likeness (QED) is 0.255. The highest BCUT2D eigenvalue weighted by atomic mass is 16.6. The van der Waals surface area contributed by atoms with Gasteiger partial charge in [0.05, 0.1) is 15.9 Å². The number of aromatic nitrogens is 3. The van der Waals surface area contributed by atoms with Crippen LogP contribution in [0.4, 0.5) is 11.4 Å². The van der Waals surface area contributed by atoms with Crippen molar-refractivity contribution in [2.45, 2.75) is 38.6 Å². The van der Waals surface area contributed by atoms with Gasteiger partial charge in [-0.05, 0) is 31.4 Å². The summed E-state index contributed by atoms with van der Waals surface area (Å²) in [4.78, 5) is 55.5. The van der Waals surface area contributed by atoms with Gasteiger partial charge in [-0.1, -0.05) is 19.1 Å². The number of amides is 1. The molecular formula is C22H24N6O5. The van der Waals surface area contributed by atoms with Crippen LogP contribution in [0.3, 0.4) is 0 Å². The van der Waals surface area contributed by atoms with Crippen LogP contribution in [0.15, 0.2) is 39.9 Å². The van der Waals surface area contributed by atoms with Gasteiger partial charge in [-0.2, -0.15) is 0 Å². The molecule has 1 aliphatic rings. The summed E-state index contributed by atoms with van der Waals surface area (Å²) in [7, 11) is 0. The van der Waals surface area contributed by atoms with Crippen LogP contribution < -0.4 is 21.9 Å². The molecule has 0 saturated heterocycles. The van der Waals surface area contributed by atoms with E-state index in [-0.39, 0.29) is 41.3 Å². The second kappa shape index (κ2) is 9.23. The van der Waals surface area contributed by atoms with E-state index in [9.17, 15) is 24.5 Å². The summed E-state index contributed by atoms with van der Waals surface area (Å²) in [6, 6.07) is 7.86. The molecule has 0 bridgehead atoms. The number of nitro benzene ring substituents is 1. The Kier molecular flexibility index (Phi) is 6.20. The van der Waals surface area contributed by atoms with Crippen LogP contribution in [0.5, 0.6) is 0 Å². The van der Waals surface area contributed by atoms with Gasteiger partial charge >= 0.3 is 5.69 Å². The zero-order valence-corrected chi connectivity index (χ0v) is 18.1. The third-order valence-corrected chi connectivity index (χ3v) is 5.48. The highest BCUT2D eigenvalue weighted by Crippen LogP contribution is 2.39. The molecule has 1 aromatic carbocycles. The van der Waals surface area contributed by atoms with Crippen molar-refractivity contribution in [1.29, 1.82) is 0 Å². The van der Waals surface area contributed by atoms with Gasteiger partial charge in [0.1, 0.15) is 5.69 Å². The average Bonchev–Trinajstić information content (AvgIpc) is 3.64. The number of benzene rings is 1. The van der Waals surface area contributed by atoms with Crippen molar-refractivity contribution in [3.05, 3.63) is 72.5 Å². The molecule has 11 nitrogen and oxygen atoms in total. The minimum atomic E-state index is -0.652. The maximum atomic E-state index is 13.0. The molecule has 11 heteroatoms. The lowest BCUT2D eigenvalue weighted by Gasteiger charge is -2.13. The number of nitro groups is 1. The fourth-order valence-corrected chi connectivity index (χ4v) is 3.74. The van der Waals surface area contributed by atoms with Crippen LogP contribution in [-0.2, 0) is 6.54 Å². The number of hydrogen-bond acceptors (Lipinski definition) is 7. The summed E-state index contributed by atoms with van der Waals surface area (Å²) in [5, 5.41) is 16.9. The molecule has 0 spiro atoms. The Hall–Kier alpha value is -4.02. The van der Waals surface area contributed by atoms with E-state index in [1.54, 1.807) is 24.3 Å². The molecule has 4 rings (SSSR count). The van der Waals surface area contributed by atoms with E-state index in [4.69, 9.17) is 0 Å². The van der Waals surface area contributed by atoms with Crippen LogP contribution >= 0.6 is 0 Å². The predicted molar refractivity (Wildman–Crippen MR) is 123 cm³/mol. The monoisotopic (exact) mass is 452 g/mol. The van der Waals surface area contributed by atoms with E-state index in [2.05, 4.69) is 20.6 Å². The third-order valence-electron chi connectivity index (χ3n) is 5.48. The maximum absolute atomic E-state index is 13.0. The molecule has 1 fully saturated rings. The molecule has 0 aliphatic heterocycles. The number of nitrogens with one attached hydrogen (secondary N) is 3. The molecule has 1 aliphatic carbocycles. The second-order valence-corrected chi connectivity index (χ2v) is 7.94. The number of para-hydroxylation sites is 2. The molecule has 33 heavy (non-hydrogen) atoms. The van der Waals surface area contributed by atoms with Crippen LogP contribution in [0.25, 0.3) is 11.0 Å². The van der Waals surface area contributed by atoms with Crippen molar-refractivity contribution >= 4 is 28.3 Å². The van der Waals surface area contributed by atoms with Gasteiger partial charge in [-0.25, -0.2) is 9.78 Å². The first kappa shape index (κ1) is 22.2. The fourth-order valence-electron chi connectivity index (χ4n) is 3.74. The van der Waals surface area contributed by atoms with Gasteiger partial charge in [0.15, 0.2) is 5.65 Å². The summed E-state index contributed by atoms with van der Waals surface area (Å²) < 4.78 is 1.40. The largest absolute Gasteiger partial charge is 0.378 e. The Labute approximate surface area is 188 Å². The number of rotatable bonds is 9. The lowest BCUT2D eigenvalue weighted by molar-refractivity contribution is -0.384. The summed E-state index contributed by atoms with van der Waals surface area (Å²) >= 11 is 0. The van der Waals surface area contributed by atoms with Crippen molar-refractivity contribution in [2.24, 2.45) is 0 Å². The second-order valence-electron chi connectivity index (χ2n) is 7.94. The van der Waals surface area contributed by atoms with Crippen molar-refractivity contribution in [2.75, 3.05) is 18.4 Å². The Morgan fingerprint density at radius 1 is 1.27 bits per heavy atom. The van der Waals surface area contributed by atoms with Crippen LogP contribution in [0.2, 0.25) is 0 Å². The van der Waals surface area contributed by atoms with E-state index in [1.165, 1.54) is 10.6 Å². The van der Waals surface area contributed by atoms with E-state index in [0.29, 0.717) is 24.3 Å². The highest BCUT2D eigenvalue weighted by molar-refractivity contribution is 6.05. The molecule has 0 unspecified atom stereocenters. The molecule has 3 aromatic rings. The Balaban J connectivity index is 1.59. The van der Waals surface area contributed by atoms with E-state index < -0.39 is 22.1 Å². The van der Waals surface area contributed by atoms with Gasteiger partial charge in [0.25, 0.3) is 17.2 Å². The van der Waals surface area contributed by atoms with Crippen molar-refractivity contribution in [3.63, 3.8) is 0 Å². The van der Waals surface area contributed by atoms with Crippen molar-refractivity contribution < 1.29 is 9.72 Å². The summed E-state index contributed by atoms with van der Waals surface area (Å²) in [6.45, 7) is 2.69. The minimum absolute atomic E-state index is 0.0570. The fraction of sp³-hybridized carbons (Fsp3) is 0.364. The molecule has 1 amide bonds. The number of carbonyl (C=O) groups excluding carboxylic acids is 1. The van der Waals surface area contributed by atoms with Crippen LogP contribution in [0, 0.1) is 10.1 Å². The standard InChI is InChI=1S/C22H24N6O5/c1-2-11-27-19-18(21(30)26-22(27)31)14(12-16(25-19)13-7-8-13)20(29)24-10-9-23-15-5-3-4-6-17(15)28(32)33/h3-6,12-13,23H,2,7-11H2,1H3,(H,24,29)(H,26,30,31). The minimum Gasteiger partial charge on any atom is -0.378 e. The molecule has 0 atom stereocenters. The van der Waals surface area contributed by atoms with E-state index in [1.807, 2.05) is 6.92 Å². The summed E-state index contributed by atoms with van der Waals surface area (Å²) in [5.41, 5.74) is 0.174. The number of aromatic amines is 1. The van der Waals surface area contributed by atoms with Crippen molar-refractivity contribution in [3.8, 4) is 0 Å². The zero-order valence-electron chi connectivity index (χ0n) is 18.1. The van der Waals surface area contributed by atoms with Gasteiger partial charge in [-0.15, -0.1) is 0 Å². The van der Waals surface area contributed by atoms with Crippen molar-refractivity contribution in [1.82, 2.24) is 19.9 Å². The number of anilines is 1. The number of nitrogens with zero attached hydrogens (tertiary/aromatic N) is 3. The predicted octanol–water partition coefficient (Wildman–Crippen LogP) is 2.12. The molecule has 2 aromatic heterocycles. The summed E-state index contributed by atoms with van der Waals surface area (Å²) in [6.07, 6.45) is 2.55. The topological polar surface area (TPSA) is 152 Å². The number of aryl methyl sites for hydroxylation is 1. The van der Waals surface area contributed by atoms with Gasteiger partial charge < -0.3 is 10.6 Å². The van der Waals surface area contributed by atoms with E-state index in [0.717, 1.165) is 12.8 Å². The van der Waals surface area contributed by atoms with Gasteiger partial charge in [0.2, 0.25) is 0 Å². The van der Waals surface area contributed by atoms with E-state index >= 15 is 0 Å². The first-order chi connectivity index (χ1) is 15.9. The third kappa shape index (κ3) is 4.61. The van der Waals surface area contributed by atoms with Crippen LogP contribution in [-0.4, -0.2) is 38.5 Å². The zero-order chi connectivity index (χ0) is 23.5. The smallest absolute Gasteiger partial charge is 0.329 e. The average molecular weight is 452 g/mol. The Bertz CT molecular complexity index is 1340. The lowest BCUT2D eigenvalue weighted by Crippen LogP contribution is -2.34. The first-order valence-electron chi connectivity index (χ1n) is 10.8. The number of H-pyrrole nitrogens is 1. The Morgan fingerprint density at radius 2 is 2.03 bits per heavy atom. The molecule has 3 N–H and O–H groups in total. The SMILES string of the molecule is CCCn1c(=O)[nH]c(=O)c2c(C(=O)NCCNc3ccccc3[N+](=O)[O-])cc(C3CC3)nc21. The lowest BCUT2D eigenvalue weighted by atomic mass is 10.1. The van der Waals surface area contributed by atoms with Crippen LogP contribution in [0.1, 0.15) is 48.2 Å². The highest BCUT2D eigenvalue weighted by Gasteiger charge is 2.28. The summed E-state index contributed by atoms with van der Waals surface area (Å²) in [5.74, 6) is -0.258. The Morgan fingerprint density at radius 3 is 2.73 bits per heavy atom. The normalized spacial score (nSPS) is 13.1. The number of carbonyl (C=O) groups is 1. The molecular weight excluding hydrogens is 428 g/mol. The van der Waals surface area contributed by atoms with Gasteiger partial charge in [-0.3, -0.25) is 29.3 Å². The number of hydrogen-bond donors (Lipinski definition) is 3. The maximum Gasteiger partial charge on any atom is 0.329 e. The molecule has 0 radical (unpaired) electrons. The number of fused-ring (bicyclic) bond motifs is 1. The number of pyridine rings is 1. The molecule has 1 saturated carbocycles. The first-order valence-corrected chi connectivity index (χ1v) is 10.8.